The monoisotopic (exact) mass is 497 g/mol. The van der Waals surface area contributed by atoms with Gasteiger partial charge in [-0.2, -0.15) is 5.26 Å². The summed E-state index contributed by atoms with van der Waals surface area (Å²) in [5.41, 5.74) is 2.79. The summed E-state index contributed by atoms with van der Waals surface area (Å²) in [4.78, 5) is 31.5. The molecule has 0 unspecified atom stereocenters. The Morgan fingerprint density at radius 1 is 1.05 bits per heavy atom. The van der Waals surface area contributed by atoms with Gasteiger partial charge in [0.15, 0.2) is 11.5 Å². The number of para-hydroxylation sites is 1. The summed E-state index contributed by atoms with van der Waals surface area (Å²) in [6, 6.07) is 22.0. The van der Waals surface area contributed by atoms with Crippen LogP contribution < -0.4 is 19.7 Å². The van der Waals surface area contributed by atoms with Crippen molar-refractivity contribution >= 4 is 28.8 Å². The Balaban J connectivity index is 1.36. The van der Waals surface area contributed by atoms with Gasteiger partial charge >= 0.3 is 0 Å². The van der Waals surface area contributed by atoms with Gasteiger partial charge in [-0.1, -0.05) is 24.3 Å². The maximum atomic E-state index is 12.8. The van der Waals surface area contributed by atoms with Gasteiger partial charge in [0, 0.05) is 49.2 Å². The van der Waals surface area contributed by atoms with Crippen molar-refractivity contribution in [2.75, 3.05) is 23.9 Å². The van der Waals surface area contributed by atoms with Crippen LogP contribution in [0.1, 0.15) is 25.0 Å². The van der Waals surface area contributed by atoms with Crippen molar-refractivity contribution in [3.05, 3.63) is 84.8 Å². The highest BCUT2D eigenvalue weighted by Gasteiger charge is 2.17. The van der Waals surface area contributed by atoms with Crippen molar-refractivity contribution in [2.24, 2.45) is 0 Å². The molecule has 9 nitrogen and oxygen atoms in total. The van der Waals surface area contributed by atoms with E-state index in [4.69, 9.17) is 14.7 Å². The van der Waals surface area contributed by atoms with E-state index in [1.54, 1.807) is 37.4 Å². The van der Waals surface area contributed by atoms with E-state index in [9.17, 15) is 9.59 Å². The number of hydrogen-bond acceptors (Lipinski definition) is 6. The number of nitriles is 1. The number of carbonyl (C=O) groups is 2. The Morgan fingerprint density at radius 3 is 2.62 bits per heavy atom. The summed E-state index contributed by atoms with van der Waals surface area (Å²) in [5, 5.41) is 11.8. The largest absolute Gasteiger partial charge is 0.493 e. The van der Waals surface area contributed by atoms with Crippen molar-refractivity contribution < 1.29 is 19.1 Å². The van der Waals surface area contributed by atoms with Gasteiger partial charge in [0.2, 0.25) is 11.8 Å². The van der Waals surface area contributed by atoms with E-state index in [0.29, 0.717) is 22.9 Å². The number of benzene rings is 2. The smallest absolute Gasteiger partial charge is 0.227 e. The van der Waals surface area contributed by atoms with Gasteiger partial charge in [-0.15, -0.1) is 0 Å². The summed E-state index contributed by atoms with van der Waals surface area (Å²) in [7, 11) is 1.54. The molecule has 0 saturated heterocycles. The molecule has 0 saturated carbocycles. The van der Waals surface area contributed by atoms with Gasteiger partial charge in [0.05, 0.1) is 25.3 Å². The molecule has 9 heteroatoms. The first-order valence-corrected chi connectivity index (χ1v) is 11.8. The van der Waals surface area contributed by atoms with Crippen molar-refractivity contribution in [2.45, 2.75) is 25.9 Å². The molecule has 0 aliphatic carbocycles. The zero-order chi connectivity index (χ0) is 26.0. The number of nitrogens with zero attached hydrogens (tertiary/aromatic N) is 4. The van der Waals surface area contributed by atoms with Crippen LogP contribution in [0.15, 0.2) is 79.1 Å². The summed E-state index contributed by atoms with van der Waals surface area (Å²) < 4.78 is 13.2. The van der Waals surface area contributed by atoms with Crippen LogP contribution in [0.25, 0.3) is 5.65 Å². The molecular formula is C28H27N5O4. The molecule has 0 bridgehead atoms. The molecule has 0 aliphatic heterocycles. The highest BCUT2D eigenvalue weighted by molar-refractivity contribution is 5.98. The predicted octanol–water partition coefficient (Wildman–Crippen LogP) is 4.59. The minimum atomic E-state index is -0.307. The number of ether oxygens (including phenoxy) is 2. The standard InChI is InChI=1S/C28H27N5O4/c1-36-24-12-11-21(18-25(24)37-20-22-19-32-16-6-5-10-26(32)30-22)31-27(34)13-14-28(35)33(17-7-15-29)23-8-3-2-4-9-23/h2-6,8-12,16,18-19H,7,13-14,17,20H2,1H3,(H,31,34). The van der Waals surface area contributed by atoms with Crippen LogP contribution in [0.2, 0.25) is 0 Å². The first kappa shape index (κ1) is 25.3. The van der Waals surface area contributed by atoms with Crippen molar-refractivity contribution in [3.63, 3.8) is 0 Å². The molecule has 0 aliphatic rings. The van der Waals surface area contributed by atoms with E-state index in [0.717, 1.165) is 11.3 Å². The Morgan fingerprint density at radius 2 is 1.86 bits per heavy atom. The first-order chi connectivity index (χ1) is 18.1. The summed E-state index contributed by atoms with van der Waals surface area (Å²) in [6.45, 7) is 0.494. The number of fused-ring (bicyclic) bond motifs is 1. The minimum Gasteiger partial charge on any atom is -0.493 e. The maximum absolute atomic E-state index is 12.8. The van der Waals surface area contributed by atoms with Gasteiger partial charge in [-0.3, -0.25) is 9.59 Å². The lowest BCUT2D eigenvalue weighted by Crippen LogP contribution is -2.32. The van der Waals surface area contributed by atoms with E-state index in [-0.39, 0.29) is 44.2 Å². The zero-order valence-electron chi connectivity index (χ0n) is 20.5. The van der Waals surface area contributed by atoms with Crippen LogP contribution in [0.4, 0.5) is 11.4 Å². The fraction of sp³-hybridized carbons (Fsp3) is 0.214. The number of pyridine rings is 1. The van der Waals surface area contributed by atoms with Gasteiger partial charge in [0.1, 0.15) is 12.3 Å². The quantitative estimate of drug-likeness (QED) is 0.325. The number of amides is 2. The third-order valence-electron chi connectivity index (χ3n) is 5.62. The summed E-state index contributed by atoms with van der Waals surface area (Å²) >= 11 is 0. The minimum absolute atomic E-state index is 0.00180. The second kappa shape index (κ2) is 12.2. The average molecular weight is 498 g/mol. The van der Waals surface area contributed by atoms with Crippen LogP contribution in [-0.2, 0) is 16.2 Å². The predicted molar refractivity (Wildman–Crippen MR) is 139 cm³/mol. The van der Waals surface area contributed by atoms with Crippen LogP contribution >= 0.6 is 0 Å². The normalized spacial score (nSPS) is 10.5. The Labute approximate surface area is 214 Å². The molecule has 4 aromatic rings. The molecule has 2 amide bonds. The number of anilines is 2. The van der Waals surface area contributed by atoms with E-state index in [1.165, 1.54) is 4.90 Å². The van der Waals surface area contributed by atoms with Crippen molar-refractivity contribution in [1.29, 1.82) is 5.26 Å². The molecule has 1 N–H and O–H groups in total. The highest BCUT2D eigenvalue weighted by atomic mass is 16.5. The third-order valence-corrected chi connectivity index (χ3v) is 5.62. The third kappa shape index (κ3) is 6.64. The fourth-order valence-corrected chi connectivity index (χ4v) is 3.82. The van der Waals surface area contributed by atoms with Crippen molar-refractivity contribution in [3.8, 4) is 17.6 Å². The molecule has 0 radical (unpaired) electrons. The average Bonchev–Trinajstić information content (AvgIpc) is 3.35. The SMILES string of the molecule is COc1ccc(NC(=O)CCC(=O)N(CCC#N)c2ccccc2)cc1OCc1cn2ccccc2n1. The lowest BCUT2D eigenvalue weighted by atomic mass is 10.2. The zero-order valence-corrected chi connectivity index (χ0v) is 20.5. The number of rotatable bonds is 11. The van der Waals surface area contributed by atoms with Crippen LogP contribution in [-0.4, -0.2) is 34.9 Å². The van der Waals surface area contributed by atoms with E-state index >= 15 is 0 Å². The Kier molecular flexibility index (Phi) is 8.34. The molecule has 4 rings (SSSR count). The molecule has 2 aromatic carbocycles. The lowest BCUT2D eigenvalue weighted by Gasteiger charge is -2.21. The number of carbonyl (C=O) groups excluding carboxylic acids is 2. The van der Waals surface area contributed by atoms with E-state index in [1.807, 2.05) is 53.2 Å². The Hall–Kier alpha value is -4.84. The molecule has 188 valence electrons. The fourth-order valence-electron chi connectivity index (χ4n) is 3.82. The number of imidazole rings is 1. The van der Waals surface area contributed by atoms with Crippen LogP contribution in [0.5, 0.6) is 11.5 Å². The van der Waals surface area contributed by atoms with Gasteiger partial charge in [-0.25, -0.2) is 4.98 Å². The number of nitrogens with one attached hydrogen (secondary N) is 1. The molecular weight excluding hydrogens is 470 g/mol. The van der Waals surface area contributed by atoms with Crippen LogP contribution in [0.3, 0.4) is 0 Å². The highest BCUT2D eigenvalue weighted by Crippen LogP contribution is 2.31. The molecule has 0 atom stereocenters. The van der Waals surface area contributed by atoms with Crippen LogP contribution in [0, 0.1) is 11.3 Å². The van der Waals surface area contributed by atoms with E-state index in [2.05, 4.69) is 16.4 Å². The second-order valence-electron chi connectivity index (χ2n) is 8.19. The van der Waals surface area contributed by atoms with Gasteiger partial charge in [0.25, 0.3) is 0 Å². The van der Waals surface area contributed by atoms with Gasteiger partial charge < -0.3 is 24.1 Å². The van der Waals surface area contributed by atoms with E-state index < -0.39 is 0 Å². The summed E-state index contributed by atoms with van der Waals surface area (Å²) in [6.07, 6.45) is 4.02. The molecule has 2 aromatic heterocycles. The number of aromatic nitrogens is 2. The van der Waals surface area contributed by atoms with Crippen molar-refractivity contribution in [1.82, 2.24) is 9.38 Å². The summed E-state index contributed by atoms with van der Waals surface area (Å²) in [5.74, 6) is 0.453. The topological polar surface area (TPSA) is 109 Å². The second-order valence-corrected chi connectivity index (χ2v) is 8.19. The Bertz CT molecular complexity index is 1380. The van der Waals surface area contributed by atoms with Gasteiger partial charge in [-0.05, 0) is 36.4 Å². The lowest BCUT2D eigenvalue weighted by molar-refractivity contribution is -0.122. The first-order valence-electron chi connectivity index (χ1n) is 11.8. The number of methoxy groups -OCH3 is 1. The molecule has 37 heavy (non-hydrogen) atoms. The molecule has 2 heterocycles. The number of hydrogen-bond donors (Lipinski definition) is 1. The molecule has 0 fully saturated rings. The maximum Gasteiger partial charge on any atom is 0.227 e. The molecule has 0 spiro atoms.